The molecule has 0 fully saturated rings. The molecule has 0 saturated carbocycles. The van der Waals surface area contributed by atoms with E-state index in [9.17, 15) is 0 Å². The Balaban J connectivity index is 2.41. The van der Waals surface area contributed by atoms with Crippen LogP contribution in [0.2, 0.25) is 5.02 Å². The zero-order chi connectivity index (χ0) is 11.5. The number of aromatic nitrogens is 2. The molecule has 1 unspecified atom stereocenters. The first-order valence-electron chi connectivity index (χ1n) is 4.90. The highest BCUT2D eigenvalue weighted by molar-refractivity contribution is 7.10. The van der Waals surface area contributed by atoms with Gasteiger partial charge in [-0.3, -0.25) is 9.97 Å². The van der Waals surface area contributed by atoms with Crippen LogP contribution in [-0.4, -0.2) is 17.0 Å². The van der Waals surface area contributed by atoms with E-state index < -0.39 is 0 Å². The predicted molar refractivity (Wildman–Crippen MR) is 67.0 cm³/mol. The molecule has 0 aliphatic heterocycles. The van der Waals surface area contributed by atoms with Crippen LogP contribution in [0.5, 0.6) is 0 Å². The molecule has 0 radical (unpaired) electrons. The molecule has 1 N–H and O–H groups in total. The maximum atomic E-state index is 6.25. The van der Waals surface area contributed by atoms with Gasteiger partial charge >= 0.3 is 0 Å². The molecule has 16 heavy (non-hydrogen) atoms. The Kier molecular flexibility index (Phi) is 3.53. The lowest BCUT2D eigenvalue weighted by atomic mass is 10.1. The van der Waals surface area contributed by atoms with E-state index in [0.29, 0.717) is 0 Å². The van der Waals surface area contributed by atoms with Gasteiger partial charge in [0.25, 0.3) is 0 Å². The van der Waals surface area contributed by atoms with Crippen LogP contribution in [-0.2, 0) is 0 Å². The van der Waals surface area contributed by atoms with Crippen molar-refractivity contribution >= 4 is 22.9 Å². The van der Waals surface area contributed by atoms with Gasteiger partial charge < -0.3 is 5.32 Å². The van der Waals surface area contributed by atoms with E-state index in [1.54, 1.807) is 29.9 Å². The average molecular weight is 254 g/mol. The predicted octanol–water partition coefficient (Wildman–Crippen LogP) is 2.81. The minimum atomic E-state index is 0.0138. The quantitative estimate of drug-likeness (QED) is 0.914. The number of hydrogen-bond donors (Lipinski definition) is 1. The molecule has 2 aromatic heterocycles. The lowest BCUT2D eigenvalue weighted by Gasteiger charge is -2.14. The Morgan fingerprint density at radius 3 is 2.75 bits per heavy atom. The minimum absolute atomic E-state index is 0.0138. The number of thiophene rings is 1. The van der Waals surface area contributed by atoms with Crippen LogP contribution < -0.4 is 5.32 Å². The standard InChI is InChI=1S/C11H12ClN3S/c1-7-6-16-11(9(7)12)10(13-2)8-5-14-3-4-15-8/h3-6,10,13H,1-2H3. The second kappa shape index (κ2) is 4.91. The molecule has 2 rings (SSSR count). The van der Waals surface area contributed by atoms with Crippen molar-refractivity contribution in [2.24, 2.45) is 0 Å². The van der Waals surface area contributed by atoms with E-state index >= 15 is 0 Å². The van der Waals surface area contributed by atoms with Gasteiger partial charge in [0, 0.05) is 17.3 Å². The smallest absolute Gasteiger partial charge is 0.0873 e. The molecule has 3 nitrogen and oxygen atoms in total. The minimum Gasteiger partial charge on any atom is -0.307 e. The Morgan fingerprint density at radius 2 is 2.25 bits per heavy atom. The molecule has 0 amide bonds. The van der Waals surface area contributed by atoms with E-state index in [-0.39, 0.29) is 6.04 Å². The molecule has 0 bridgehead atoms. The first kappa shape index (κ1) is 11.5. The van der Waals surface area contributed by atoms with E-state index in [4.69, 9.17) is 11.6 Å². The highest BCUT2D eigenvalue weighted by Crippen LogP contribution is 2.34. The highest BCUT2D eigenvalue weighted by Gasteiger charge is 2.19. The molecule has 0 saturated heterocycles. The summed E-state index contributed by atoms with van der Waals surface area (Å²) in [5.41, 5.74) is 1.99. The second-order valence-electron chi connectivity index (χ2n) is 3.45. The molecule has 0 aromatic carbocycles. The van der Waals surface area contributed by atoms with Crippen LogP contribution in [0.4, 0.5) is 0 Å². The summed E-state index contributed by atoms with van der Waals surface area (Å²) in [6, 6.07) is 0.0138. The zero-order valence-electron chi connectivity index (χ0n) is 9.07. The van der Waals surface area contributed by atoms with Crippen LogP contribution in [0.3, 0.4) is 0 Å². The monoisotopic (exact) mass is 253 g/mol. The zero-order valence-corrected chi connectivity index (χ0v) is 10.6. The van der Waals surface area contributed by atoms with Crippen LogP contribution in [0, 0.1) is 6.92 Å². The number of halogens is 1. The van der Waals surface area contributed by atoms with Gasteiger partial charge in [0.15, 0.2) is 0 Å². The largest absolute Gasteiger partial charge is 0.307 e. The first-order chi connectivity index (χ1) is 7.74. The van der Waals surface area contributed by atoms with Crippen molar-refractivity contribution in [1.82, 2.24) is 15.3 Å². The average Bonchev–Trinajstić information content (AvgIpc) is 2.64. The fourth-order valence-electron chi connectivity index (χ4n) is 1.52. The Morgan fingerprint density at radius 1 is 1.44 bits per heavy atom. The summed E-state index contributed by atoms with van der Waals surface area (Å²) >= 11 is 7.90. The van der Waals surface area contributed by atoms with Crippen LogP contribution in [0.15, 0.2) is 24.0 Å². The van der Waals surface area contributed by atoms with Gasteiger partial charge in [0.2, 0.25) is 0 Å². The summed E-state index contributed by atoms with van der Waals surface area (Å²) in [6.07, 6.45) is 5.11. The maximum absolute atomic E-state index is 6.25. The molecule has 2 aromatic rings. The lowest BCUT2D eigenvalue weighted by molar-refractivity contribution is 0.678. The van der Waals surface area contributed by atoms with Gasteiger partial charge in [-0.25, -0.2) is 0 Å². The van der Waals surface area contributed by atoms with Crippen molar-refractivity contribution < 1.29 is 0 Å². The molecule has 5 heteroatoms. The molecule has 84 valence electrons. The first-order valence-corrected chi connectivity index (χ1v) is 6.16. The number of nitrogens with one attached hydrogen (secondary N) is 1. The Bertz CT molecular complexity index is 469. The van der Waals surface area contributed by atoms with E-state index in [0.717, 1.165) is 21.2 Å². The number of hydrogen-bond acceptors (Lipinski definition) is 4. The third-order valence-electron chi connectivity index (χ3n) is 2.35. The van der Waals surface area contributed by atoms with Gasteiger partial charge in [0.05, 0.1) is 23.0 Å². The summed E-state index contributed by atoms with van der Waals surface area (Å²) in [7, 11) is 1.89. The molecule has 0 aliphatic carbocycles. The Hall–Kier alpha value is -0.970. The lowest BCUT2D eigenvalue weighted by Crippen LogP contribution is -2.18. The van der Waals surface area contributed by atoms with Gasteiger partial charge in [-0.05, 0) is 24.9 Å². The number of rotatable bonds is 3. The van der Waals surface area contributed by atoms with Crippen molar-refractivity contribution in [3.05, 3.63) is 45.1 Å². The third kappa shape index (κ3) is 2.09. The van der Waals surface area contributed by atoms with E-state index in [1.807, 2.05) is 14.0 Å². The van der Waals surface area contributed by atoms with Gasteiger partial charge in [0.1, 0.15) is 0 Å². The van der Waals surface area contributed by atoms with E-state index in [2.05, 4.69) is 20.7 Å². The maximum Gasteiger partial charge on any atom is 0.0873 e. The molecule has 1 atom stereocenters. The van der Waals surface area contributed by atoms with Crippen LogP contribution in [0.1, 0.15) is 22.2 Å². The van der Waals surface area contributed by atoms with Crippen molar-refractivity contribution in [1.29, 1.82) is 0 Å². The second-order valence-corrected chi connectivity index (χ2v) is 4.74. The third-order valence-corrected chi connectivity index (χ3v) is 4.13. The molecular formula is C11H12ClN3S. The fourth-order valence-corrected chi connectivity index (χ4v) is 2.94. The van der Waals surface area contributed by atoms with Crippen molar-refractivity contribution in [3.8, 4) is 0 Å². The van der Waals surface area contributed by atoms with Crippen molar-refractivity contribution in [2.75, 3.05) is 7.05 Å². The summed E-state index contributed by atoms with van der Waals surface area (Å²) in [4.78, 5) is 9.46. The topological polar surface area (TPSA) is 37.8 Å². The van der Waals surface area contributed by atoms with Gasteiger partial charge in [-0.1, -0.05) is 11.6 Å². The number of aryl methyl sites for hydroxylation is 1. The highest BCUT2D eigenvalue weighted by atomic mass is 35.5. The van der Waals surface area contributed by atoms with E-state index in [1.165, 1.54) is 0 Å². The van der Waals surface area contributed by atoms with Crippen molar-refractivity contribution in [2.45, 2.75) is 13.0 Å². The van der Waals surface area contributed by atoms with Gasteiger partial charge in [-0.15, -0.1) is 11.3 Å². The van der Waals surface area contributed by atoms with Crippen molar-refractivity contribution in [3.63, 3.8) is 0 Å². The molecule has 0 spiro atoms. The molecule has 2 heterocycles. The Labute approximate surface area is 104 Å². The molecule has 0 aliphatic rings. The van der Waals surface area contributed by atoms with Gasteiger partial charge in [-0.2, -0.15) is 0 Å². The summed E-state index contributed by atoms with van der Waals surface area (Å²) in [5.74, 6) is 0. The van der Waals surface area contributed by atoms with Crippen LogP contribution in [0.25, 0.3) is 0 Å². The van der Waals surface area contributed by atoms with Crippen LogP contribution >= 0.6 is 22.9 Å². The summed E-state index contributed by atoms with van der Waals surface area (Å²) in [6.45, 7) is 2.01. The molecular weight excluding hydrogens is 242 g/mol. The normalized spacial score (nSPS) is 12.7. The fraction of sp³-hybridized carbons (Fsp3) is 0.273. The summed E-state index contributed by atoms with van der Waals surface area (Å²) < 4.78 is 0. The number of nitrogens with zero attached hydrogens (tertiary/aromatic N) is 2. The SMILES string of the molecule is CNC(c1cnccn1)c1scc(C)c1Cl. The summed E-state index contributed by atoms with van der Waals surface area (Å²) in [5, 5.41) is 6.08.